The van der Waals surface area contributed by atoms with E-state index >= 15 is 0 Å². The summed E-state index contributed by atoms with van der Waals surface area (Å²) in [4.78, 5) is 4.74. The molecule has 2 heteroatoms. The Morgan fingerprint density at radius 2 is 0.400 bits per heavy atom. The standard InChI is InChI=1S/C78H64N2/c1-75(2)67-41-49(29-35-59(67)61-39-33-57(45-71(61)75)79(53-21-13-9-14-22-53)54-23-15-10-16-24-54)51-31-37-63-65-47-74-66(48-73(65)77(5,6)69(63)43-51)64-38-32-52(44-70(64)78(74,7)8)50-30-36-60-62-40-34-58(46-72(62)76(3,4)68(60)42-50)80(55-25-17-11-18-26-55)56-27-19-12-20-28-56/h9-48H,1-8H3. The summed E-state index contributed by atoms with van der Waals surface area (Å²) in [6.45, 7) is 19.3. The SMILES string of the molecule is CC1(C)c2cc(-c3ccc4c(c3)C(C)(C)c3cc5c(cc3-4)C(C)(C)c3cc(-c4ccc6c(c4)C(C)(C)c4cc(N(c7ccccc7)c7ccccc7)ccc4-6)ccc3-5)ccc2-c2ccc(N(c3ccccc3)c3ccccc3)cc21. The van der Waals surface area contributed by atoms with Crippen LogP contribution in [-0.4, -0.2) is 0 Å². The number of hydrogen-bond donors (Lipinski definition) is 0. The molecule has 4 aliphatic carbocycles. The quantitative estimate of drug-likeness (QED) is 0.150. The molecule has 0 aromatic heterocycles. The largest absolute Gasteiger partial charge is 0.310 e. The molecule has 0 heterocycles. The van der Waals surface area contributed by atoms with Crippen molar-refractivity contribution in [1.29, 1.82) is 0 Å². The van der Waals surface area contributed by atoms with Crippen molar-refractivity contribution < 1.29 is 0 Å². The van der Waals surface area contributed by atoms with E-state index in [9.17, 15) is 0 Å². The van der Waals surface area contributed by atoms with Gasteiger partial charge in [0, 0.05) is 55.8 Å². The van der Waals surface area contributed by atoms with E-state index in [1.54, 1.807) is 0 Å². The van der Waals surface area contributed by atoms with E-state index in [0.29, 0.717) is 0 Å². The first-order valence-electron chi connectivity index (χ1n) is 28.6. The lowest BCUT2D eigenvalue weighted by Crippen LogP contribution is -2.17. The summed E-state index contributed by atoms with van der Waals surface area (Å²) in [6.07, 6.45) is 0. The lowest BCUT2D eigenvalue weighted by Gasteiger charge is -2.28. The molecular weight excluding hydrogens is 965 g/mol. The van der Waals surface area contributed by atoms with Gasteiger partial charge in [-0.15, -0.1) is 0 Å². The molecule has 11 aromatic rings. The van der Waals surface area contributed by atoms with Crippen molar-refractivity contribution in [2.75, 3.05) is 9.80 Å². The Morgan fingerprint density at radius 1 is 0.188 bits per heavy atom. The molecule has 0 saturated carbocycles. The maximum Gasteiger partial charge on any atom is 0.0465 e. The summed E-state index contributed by atoms with van der Waals surface area (Å²) in [7, 11) is 0. The fourth-order valence-corrected chi connectivity index (χ4v) is 14.6. The van der Waals surface area contributed by atoms with Gasteiger partial charge in [-0.05, 0) is 220 Å². The lowest BCUT2D eigenvalue weighted by atomic mass is 9.78. The van der Waals surface area contributed by atoms with Gasteiger partial charge in [0.15, 0.2) is 0 Å². The molecule has 0 fully saturated rings. The first kappa shape index (κ1) is 48.2. The van der Waals surface area contributed by atoms with E-state index in [0.717, 1.165) is 22.7 Å². The van der Waals surface area contributed by atoms with E-state index in [4.69, 9.17) is 0 Å². The Hall–Kier alpha value is -8.98. The highest BCUT2D eigenvalue weighted by atomic mass is 15.1. The second-order valence-corrected chi connectivity index (χ2v) is 25.0. The van der Waals surface area contributed by atoms with Crippen molar-refractivity contribution in [2.45, 2.75) is 77.0 Å². The van der Waals surface area contributed by atoms with Crippen molar-refractivity contribution in [1.82, 2.24) is 0 Å². The molecule has 2 nitrogen and oxygen atoms in total. The molecule has 15 rings (SSSR count). The normalized spacial score (nSPS) is 15.4. The average Bonchev–Trinajstić information content (AvgIpc) is 4.12. The molecule has 80 heavy (non-hydrogen) atoms. The van der Waals surface area contributed by atoms with Crippen LogP contribution in [0.1, 0.15) is 99.9 Å². The lowest BCUT2D eigenvalue weighted by molar-refractivity contribution is 0.652. The summed E-state index contributed by atoms with van der Waals surface area (Å²) in [5.41, 5.74) is 33.2. The van der Waals surface area contributed by atoms with E-state index in [1.165, 1.54) is 123 Å². The van der Waals surface area contributed by atoms with Crippen LogP contribution in [0, 0.1) is 0 Å². The summed E-state index contributed by atoms with van der Waals surface area (Å²) in [6, 6.07) is 91.1. The molecular formula is C78H64N2. The number of nitrogens with zero attached hydrogens (tertiary/aromatic N) is 2. The van der Waals surface area contributed by atoms with Gasteiger partial charge in [0.1, 0.15) is 0 Å². The van der Waals surface area contributed by atoms with Gasteiger partial charge in [-0.3, -0.25) is 0 Å². The second-order valence-electron chi connectivity index (χ2n) is 25.0. The van der Waals surface area contributed by atoms with Gasteiger partial charge in [-0.25, -0.2) is 0 Å². The molecule has 0 saturated heterocycles. The molecule has 0 amide bonds. The van der Waals surface area contributed by atoms with Gasteiger partial charge in [0.2, 0.25) is 0 Å². The minimum absolute atomic E-state index is 0.175. The summed E-state index contributed by atoms with van der Waals surface area (Å²) in [5, 5.41) is 0. The molecule has 0 atom stereocenters. The monoisotopic (exact) mass is 1030 g/mol. The van der Waals surface area contributed by atoms with Crippen LogP contribution in [0.3, 0.4) is 0 Å². The predicted octanol–water partition coefficient (Wildman–Crippen LogP) is 21.2. The fourth-order valence-electron chi connectivity index (χ4n) is 14.6. The van der Waals surface area contributed by atoms with Crippen molar-refractivity contribution >= 4 is 34.1 Å². The van der Waals surface area contributed by atoms with E-state index < -0.39 is 0 Å². The summed E-state index contributed by atoms with van der Waals surface area (Å²) < 4.78 is 0. The highest BCUT2D eigenvalue weighted by molar-refractivity contribution is 5.94. The zero-order valence-electron chi connectivity index (χ0n) is 47.0. The second kappa shape index (κ2) is 17.3. The van der Waals surface area contributed by atoms with Crippen LogP contribution in [0.4, 0.5) is 34.1 Å². The van der Waals surface area contributed by atoms with Gasteiger partial charge >= 0.3 is 0 Å². The molecule has 386 valence electrons. The maximum absolute atomic E-state index is 2.55. The molecule has 11 aromatic carbocycles. The molecule has 0 spiro atoms. The van der Waals surface area contributed by atoms with Crippen molar-refractivity contribution in [3.05, 3.63) is 287 Å². The van der Waals surface area contributed by atoms with Gasteiger partial charge in [-0.1, -0.05) is 189 Å². The van der Waals surface area contributed by atoms with Crippen LogP contribution in [0.15, 0.2) is 243 Å². The number of fused-ring (bicyclic) bond motifs is 12. The number of rotatable bonds is 8. The van der Waals surface area contributed by atoms with Crippen LogP contribution in [0.2, 0.25) is 0 Å². The van der Waals surface area contributed by atoms with Crippen LogP contribution in [-0.2, 0) is 21.7 Å². The smallest absolute Gasteiger partial charge is 0.0465 e. The number of anilines is 6. The Morgan fingerprint density at radius 3 is 0.662 bits per heavy atom. The molecule has 0 bridgehead atoms. The molecule has 0 radical (unpaired) electrons. The van der Waals surface area contributed by atoms with E-state index in [1.807, 2.05) is 0 Å². The van der Waals surface area contributed by atoms with Crippen LogP contribution in [0.25, 0.3) is 66.8 Å². The first-order valence-corrected chi connectivity index (χ1v) is 28.6. The van der Waals surface area contributed by atoms with Gasteiger partial charge in [0.25, 0.3) is 0 Å². The van der Waals surface area contributed by atoms with E-state index in [-0.39, 0.29) is 21.7 Å². The third kappa shape index (κ3) is 7.04. The summed E-state index contributed by atoms with van der Waals surface area (Å²) in [5.74, 6) is 0. The highest BCUT2D eigenvalue weighted by Crippen LogP contribution is 2.59. The predicted molar refractivity (Wildman–Crippen MR) is 337 cm³/mol. The average molecular weight is 1030 g/mol. The van der Waals surface area contributed by atoms with Crippen molar-refractivity contribution in [2.24, 2.45) is 0 Å². The minimum atomic E-state index is -0.183. The fraction of sp³-hybridized carbons (Fsp3) is 0.154. The highest BCUT2D eigenvalue weighted by Gasteiger charge is 2.43. The Kier molecular flexibility index (Phi) is 10.4. The minimum Gasteiger partial charge on any atom is -0.310 e. The molecule has 4 aliphatic rings. The van der Waals surface area contributed by atoms with Crippen molar-refractivity contribution in [3.8, 4) is 66.8 Å². The Balaban J connectivity index is 0.725. The van der Waals surface area contributed by atoms with Gasteiger partial charge < -0.3 is 9.80 Å². The topological polar surface area (TPSA) is 6.48 Å². The number of benzene rings is 11. The van der Waals surface area contributed by atoms with Gasteiger partial charge in [0.05, 0.1) is 0 Å². The maximum atomic E-state index is 2.55. The van der Waals surface area contributed by atoms with Crippen molar-refractivity contribution in [3.63, 3.8) is 0 Å². The molecule has 0 N–H and O–H groups in total. The van der Waals surface area contributed by atoms with Gasteiger partial charge in [-0.2, -0.15) is 0 Å². The number of hydrogen-bond acceptors (Lipinski definition) is 2. The zero-order valence-corrected chi connectivity index (χ0v) is 47.0. The molecule has 0 unspecified atom stereocenters. The third-order valence-corrected chi connectivity index (χ3v) is 19.0. The Labute approximate surface area is 472 Å². The van der Waals surface area contributed by atoms with Crippen LogP contribution >= 0.6 is 0 Å². The summed E-state index contributed by atoms with van der Waals surface area (Å²) >= 11 is 0. The first-order chi connectivity index (χ1) is 38.7. The van der Waals surface area contributed by atoms with Crippen LogP contribution in [0.5, 0.6) is 0 Å². The van der Waals surface area contributed by atoms with E-state index in [2.05, 4.69) is 308 Å². The van der Waals surface area contributed by atoms with Crippen LogP contribution < -0.4 is 9.80 Å². The number of para-hydroxylation sites is 4. The molecule has 0 aliphatic heterocycles. The zero-order chi connectivity index (χ0) is 54.5. The third-order valence-electron chi connectivity index (χ3n) is 19.0. The Bertz CT molecular complexity index is 3970.